The van der Waals surface area contributed by atoms with Gasteiger partial charge < -0.3 is 34.6 Å². The summed E-state index contributed by atoms with van der Waals surface area (Å²) >= 11 is 0. The van der Waals surface area contributed by atoms with Crippen LogP contribution < -0.4 is 51.4 Å². The van der Waals surface area contributed by atoms with E-state index in [2.05, 4.69) is 4.18 Å². The van der Waals surface area contributed by atoms with Gasteiger partial charge in [0.1, 0.15) is 36.5 Å². The van der Waals surface area contributed by atoms with Crippen molar-refractivity contribution in [2.75, 3.05) is 13.2 Å². The first-order chi connectivity index (χ1) is 10.7. The molecule has 0 aromatic carbocycles. The summed E-state index contributed by atoms with van der Waals surface area (Å²) in [5.41, 5.74) is 0. The molecule has 0 aliphatic carbocycles. The van der Waals surface area contributed by atoms with Gasteiger partial charge in [-0.05, 0) is 27.7 Å². The first-order valence-electron chi connectivity index (χ1n) is 6.38. The van der Waals surface area contributed by atoms with Crippen LogP contribution in [0.1, 0.15) is 27.7 Å². The Bertz CT molecular complexity index is 471. The van der Waals surface area contributed by atoms with Gasteiger partial charge in [0, 0.05) is 0 Å². The van der Waals surface area contributed by atoms with Crippen molar-refractivity contribution in [3.05, 3.63) is 0 Å². The molecule has 0 heterocycles. The quantitative estimate of drug-likeness (QED) is 0.176. The number of carbonyl (C=O) groups excluding carboxylic acids is 3. The third-order valence-electron chi connectivity index (χ3n) is 1.59. The van der Waals surface area contributed by atoms with Gasteiger partial charge in [-0.2, -0.15) is 0 Å². The van der Waals surface area contributed by atoms with E-state index in [0.717, 1.165) is 0 Å². The fraction of sp³-hybridized carbons (Fsp3) is 0.750. The monoisotopic (exact) mass is 414 g/mol. The molecule has 0 fully saturated rings. The number of rotatable bonds is 7. The summed E-state index contributed by atoms with van der Waals surface area (Å²) in [6.07, 6.45) is -6.13. The third kappa shape index (κ3) is 29.4. The Labute approximate surface area is 188 Å². The average Bonchev–Trinajstić information content (AvgIpc) is 2.40. The molecule has 0 aliphatic rings. The zero-order valence-corrected chi connectivity index (χ0v) is 18.6. The van der Waals surface area contributed by atoms with Crippen molar-refractivity contribution in [2.45, 2.75) is 46.0 Å². The average molecular weight is 414 g/mol. The van der Waals surface area contributed by atoms with E-state index in [9.17, 15) is 27.4 Å². The van der Waals surface area contributed by atoms with Gasteiger partial charge in [0.15, 0.2) is 5.78 Å². The molecule has 25 heavy (non-hydrogen) atoms. The summed E-state index contributed by atoms with van der Waals surface area (Å²) in [6.45, 7) is 3.94. The maximum Gasteiger partial charge on any atom is 1.00 e. The molecule has 0 saturated carbocycles. The van der Waals surface area contributed by atoms with Crippen molar-refractivity contribution >= 4 is 27.7 Å². The van der Waals surface area contributed by atoms with E-state index in [-0.39, 0.29) is 63.0 Å². The van der Waals surface area contributed by atoms with Gasteiger partial charge in [-0.3, -0.25) is 8.98 Å². The van der Waals surface area contributed by atoms with Crippen molar-refractivity contribution in [3.63, 3.8) is 0 Å². The van der Waals surface area contributed by atoms with Crippen LogP contribution in [-0.4, -0.2) is 82.3 Å². The summed E-state index contributed by atoms with van der Waals surface area (Å²) in [5.74, 6) is -0.837. The zero-order valence-electron chi connectivity index (χ0n) is 14.7. The number of ketones is 3. The predicted molar refractivity (Wildman–Crippen MR) is 78.5 cm³/mol. The number of hydrogen-bond donors (Lipinski definition) is 4. The first kappa shape index (κ1) is 33.0. The molecule has 0 spiro atoms. The smallest absolute Gasteiger partial charge is 0.726 e. The predicted octanol–water partition coefficient (Wildman–Crippen LogP) is -5.70. The molecule has 0 rings (SSSR count). The maximum absolute atomic E-state index is 10.7. The summed E-state index contributed by atoms with van der Waals surface area (Å²) in [5, 5.41) is 35.4. The Kier molecular flexibility index (Phi) is 23.4. The second-order valence-electron chi connectivity index (χ2n) is 4.64. The van der Waals surface area contributed by atoms with E-state index in [1.54, 1.807) is 0 Å². The first-order valence-corrected chi connectivity index (χ1v) is 7.71. The van der Waals surface area contributed by atoms with Crippen molar-refractivity contribution < 1.29 is 103 Å². The molecular weight excluding hydrogens is 391 g/mol. The number of carbonyl (C=O) groups is 3. The van der Waals surface area contributed by atoms with Crippen LogP contribution in [0, 0.1) is 0 Å². The molecule has 0 saturated heterocycles. The van der Waals surface area contributed by atoms with E-state index in [4.69, 9.17) is 20.4 Å². The van der Waals surface area contributed by atoms with E-state index in [0.29, 0.717) is 0 Å². The van der Waals surface area contributed by atoms with Crippen molar-refractivity contribution in [1.29, 1.82) is 0 Å². The molecule has 11 nitrogen and oxygen atoms in total. The topological polar surface area (TPSA) is 199 Å². The summed E-state index contributed by atoms with van der Waals surface area (Å²) < 4.78 is 33.5. The van der Waals surface area contributed by atoms with E-state index in [1.807, 2.05) is 0 Å². The van der Waals surface area contributed by atoms with Crippen molar-refractivity contribution in [1.82, 2.24) is 0 Å². The van der Waals surface area contributed by atoms with Gasteiger partial charge in [0.25, 0.3) is 0 Å². The zero-order chi connectivity index (χ0) is 20.1. The van der Waals surface area contributed by atoms with E-state index < -0.39 is 47.7 Å². The summed E-state index contributed by atoms with van der Waals surface area (Å²) in [4.78, 5) is 29.6. The van der Waals surface area contributed by atoms with Crippen LogP contribution >= 0.6 is 0 Å². The molecule has 0 aromatic rings. The minimum atomic E-state index is -5.04. The van der Waals surface area contributed by atoms with Crippen LogP contribution in [0.15, 0.2) is 0 Å². The van der Waals surface area contributed by atoms with Crippen molar-refractivity contribution in [2.24, 2.45) is 0 Å². The molecule has 0 unspecified atom stereocenters. The molecule has 0 amide bonds. The fourth-order valence-electron chi connectivity index (χ4n) is 0.746. The number of Topliss-reactive ketones (excluding diaryl/α,β-unsaturated/α-hetero) is 3. The van der Waals surface area contributed by atoms with Gasteiger partial charge in [-0.15, -0.1) is 0 Å². The van der Waals surface area contributed by atoms with Gasteiger partial charge in [-0.25, -0.2) is 8.42 Å². The van der Waals surface area contributed by atoms with Crippen LogP contribution in [0.2, 0.25) is 0 Å². The molecular formula is C12H23KO11S. The van der Waals surface area contributed by atoms with Gasteiger partial charge in [-0.1, -0.05) is 0 Å². The summed E-state index contributed by atoms with van der Waals surface area (Å²) in [7, 11) is -5.04. The van der Waals surface area contributed by atoms with Gasteiger partial charge >= 0.3 is 51.4 Å². The van der Waals surface area contributed by atoms with Crippen LogP contribution in [0.4, 0.5) is 0 Å². The minimum Gasteiger partial charge on any atom is -0.726 e. The molecule has 0 aliphatic heterocycles. The Morgan fingerprint density at radius 1 is 1.00 bits per heavy atom. The van der Waals surface area contributed by atoms with Crippen LogP contribution in [0.25, 0.3) is 0 Å². The molecule has 3 atom stereocenters. The second-order valence-corrected chi connectivity index (χ2v) is 5.69. The molecule has 0 radical (unpaired) electrons. The molecule has 13 heteroatoms. The molecule has 4 N–H and O–H groups in total. The summed E-state index contributed by atoms with van der Waals surface area (Å²) in [6, 6.07) is 0. The minimum absolute atomic E-state index is 0. The van der Waals surface area contributed by atoms with Crippen LogP contribution in [0.3, 0.4) is 0 Å². The number of aliphatic hydroxyl groups is 4. The SMILES string of the molecule is CC(C)=O.CC(C)=O.O=C(CO)[C@@H](O)[C@H](O)[C@H](O)COS(=O)(=O)[O-].[K+]. The largest absolute Gasteiger partial charge is 1.00 e. The van der Waals surface area contributed by atoms with Gasteiger partial charge in [0.05, 0.1) is 6.61 Å². The van der Waals surface area contributed by atoms with E-state index >= 15 is 0 Å². The molecule has 0 aromatic heterocycles. The Hall–Kier alpha value is 0.356. The third-order valence-corrected chi connectivity index (χ3v) is 2.01. The number of aliphatic hydroxyl groups excluding tert-OH is 4. The Balaban J connectivity index is -0.000000205. The Morgan fingerprint density at radius 3 is 1.56 bits per heavy atom. The second kappa shape index (κ2) is 17.8. The number of hydrogen-bond acceptors (Lipinski definition) is 11. The molecule has 144 valence electrons. The van der Waals surface area contributed by atoms with Crippen LogP contribution in [-0.2, 0) is 29.0 Å². The van der Waals surface area contributed by atoms with E-state index in [1.165, 1.54) is 27.7 Å². The normalized spacial score (nSPS) is 13.5. The fourth-order valence-corrected chi connectivity index (χ4v) is 1.05. The van der Waals surface area contributed by atoms with Crippen molar-refractivity contribution in [3.8, 4) is 0 Å². The Morgan fingerprint density at radius 2 is 1.32 bits per heavy atom. The molecule has 0 bridgehead atoms. The standard InChI is InChI=1S/C6H12O9S.2C3H6O.K/c7-1-3(8)5(10)6(11)4(9)2-15-16(12,13)14;2*1-3(2)4;/h4-7,9-11H,1-2H2,(H,12,13,14);2*1-2H3;/q;;;+1/p-1/t4-,5-,6-;;;/m1.../s1. The van der Waals surface area contributed by atoms with Gasteiger partial charge in [0.2, 0.25) is 10.4 Å². The maximum atomic E-state index is 10.7. The van der Waals surface area contributed by atoms with Crippen LogP contribution in [0.5, 0.6) is 0 Å².